The Morgan fingerprint density at radius 2 is 1.44 bits per heavy atom. The van der Waals surface area contributed by atoms with Crippen molar-refractivity contribution in [3.8, 4) is 11.1 Å². The van der Waals surface area contributed by atoms with Crippen LogP contribution in [0.1, 0.15) is 17.0 Å². The molecule has 2 aromatic rings. The van der Waals surface area contributed by atoms with Gasteiger partial charge in [0.25, 0.3) is 0 Å². The van der Waals surface area contributed by atoms with E-state index in [1.807, 2.05) is 12.1 Å². The lowest BCUT2D eigenvalue weighted by Crippen LogP contribution is -2.08. The van der Waals surface area contributed by atoms with Gasteiger partial charge in [0, 0.05) is 24.2 Å². The van der Waals surface area contributed by atoms with Crippen LogP contribution in [-0.2, 0) is 4.74 Å². The van der Waals surface area contributed by atoms with Crippen LogP contribution in [0.4, 0.5) is 8.78 Å². The molecule has 0 atom stereocenters. The van der Waals surface area contributed by atoms with Gasteiger partial charge < -0.3 is 4.74 Å². The van der Waals surface area contributed by atoms with Crippen LogP contribution in [0.5, 0.6) is 0 Å². The topological polar surface area (TPSA) is 9.23 Å². The molecule has 0 aromatic heterocycles. The SMILES string of the molecule is COCC1c2c(F)cccc2-c2cccc(F)c21. The molecular formula is C15H12F2O. The number of hydrogen-bond donors (Lipinski definition) is 0. The highest BCUT2D eigenvalue weighted by atomic mass is 19.1. The van der Waals surface area contributed by atoms with E-state index >= 15 is 0 Å². The molecule has 0 saturated heterocycles. The molecule has 1 aliphatic rings. The Morgan fingerprint density at radius 1 is 0.944 bits per heavy atom. The third kappa shape index (κ3) is 1.47. The maximum absolute atomic E-state index is 14.0. The van der Waals surface area contributed by atoms with E-state index in [0.717, 1.165) is 11.1 Å². The molecule has 0 radical (unpaired) electrons. The maximum Gasteiger partial charge on any atom is 0.127 e. The first-order valence-corrected chi connectivity index (χ1v) is 5.80. The van der Waals surface area contributed by atoms with Crippen molar-refractivity contribution in [2.75, 3.05) is 13.7 Å². The van der Waals surface area contributed by atoms with E-state index in [1.54, 1.807) is 19.2 Å². The summed E-state index contributed by atoms with van der Waals surface area (Å²) in [4.78, 5) is 0. The van der Waals surface area contributed by atoms with Crippen molar-refractivity contribution in [2.45, 2.75) is 5.92 Å². The Hall–Kier alpha value is -1.74. The van der Waals surface area contributed by atoms with Crippen molar-refractivity contribution in [2.24, 2.45) is 0 Å². The predicted molar refractivity (Wildman–Crippen MR) is 65.5 cm³/mol. The van der Waals surface area contributed by atoms with Crippen LogP contribution in [0.15, 0.2) is 36.4 Å². The summed E-state index contributed by atoms with van der Waals surface area (Å²) >= 11 is 0. The third-order valence-electron chi connectivity index (χ3n) is 3.43. The molecule has 0 fully saturated rings. The second-order valence-corrected chi connectivity index (χ2v) is 4.41. The van der Waals surface area contributed by atoms with Crippen molar-refractivity contribution in [3.05, 3.63) is 59.2 Å². The minimum atomic E-state index is -0.359. The Labute approximate surface area is 104 Å². The number of ether oxygens (including phenoxy) is 1. The maximum atomic E-state index is 14.0. The molecule has 3 heteroatoms. The van der Waals surface area contributed by atoms with E-state index in [2.05, 4.69) is 0 Å². The zero-order valence-electron chi connectivity index (χ0n) is 9.91. The highest BCUT2D eigenvalue weighted by molar-refractivity contribution is 5.79. The first kappa shape index (κ1) is 11.4. The zero-order valence-corrected chi connectivity index (χ0v) is 9.91. The lowest BCUT2D eigenvalue weighted by Gasteiger charge is -2.13. The molecule has 1 aliphatic carbocycles. The predicted octanol–water partition coefficient (Wildman–Crippen LogP) is 3.72. The lowest BCUT2D eigenvalue weighted by atomic mass is 9.97. The van der Waals surface area contributed by atoms with Crippen molar-refractivity contribution < 1.29 is 13.5 Å². The molecule has 1 nitrogen and oxygen atoms in total. The minimum Gasteiger partial charge on any atom is -0.384 e. The number of fused-ring (bicyclic) bond motifs is 3. The number of rotatable bonds is 2. The minimum absolute atomic E-state index is 0.280. The zero-order chi connectivity index (χ0) is 12.7. The van der Waals surface area contributed by atoms with Crippen molar-refractivity contribution in [1.82, 2.24) is 0 Å². The summed E-state index contributed by atoms with van der Waals surface area (Å²) in [5.41, 5.74) is 2.62. The fourth-order valence-corrected chi connectivity index (χ4v) is 2.73. The van der Waals surface area contributed by atoms with Crippen molar-refractivity contribution in [1.29, 1.82) is 0 Å². The number of methoxy groups -OCH3 is 1. The van der Waals surface area contributed by atoms with Crippen LogP contribution in [0.3, 0.4) is 0 Å². The van der Waals surface area contributed by atoms with Gasteiger partial charge in [0.2, 0.25) is 0 Å². The van der Waals surface area contributed by atoms with Gasteiger partial charge in [0.1, 0.15) is 11.6 Å². The van der Waals surface area contributed by atoms with Crippen LogP contribution in [-0.4, -0.2) is 13.7 Å². The first-order valence-electron chi connectivity index (χ1n) is 5.80. The highest BCUT2D eigenvalue weighted by Gasteiger charge is 2.33. The molecule has 18 heavy (non-hydrogen) atoms. The Morgan fingerprint density at radius 3 is 1.89 bits per heavy atom. The van der Waals surface area contributed by atoms with E-state index in [4.69, 9.17) is 4.74 Å². The summed E-state index contributed by atoms with van der Waals surface area (Å²) in [5.74, 6) is -0.960. The molecule has 0 spiro atoms. The van der Waals surface area contributed by atoms with Gasteiger partial charge in [0.15, 0.2) is 0 Å². The molecule has 0 saturated carbocycles. The summed E-state index contributed by atoms with van der Waals surface area (Å²) in [6.07, 6.45) is 0. The fraction of sp³-hybridized carbons (Fsp3) is 0.200. The van der Waals surface area contributed by atoms with Gasteiger partial charge in [-0.2, -0.15) is 0 Å². The quantitative estimate of drug-likeness (QED) is 0.784. The summed E-state index contributed by atoms with van der Waals surface area (Å²) < 4.78 is 33.1. The molecule has 0 heterocycles. The van der Waals surface area contributed by atoms with Gasteiger partial charge in [-0.1, -0.05) is 24.3 Å². The van der Waals surface area contributed by atoms with Crippen LogP contribution >= 0.6 is 0 Å². The van der Waals surface area contributed by atoms with E-state index in [1.165, 1.54) is 12.1 Å². The van der Waals surface area contributed by atoms with Crippen LogP contribution < -0.4 is 0 Å². The second kappa shape index (κ2) is 4.18. The Bertz CT molecular complexity index is 556. The molecule has 2 aromatic carbocycles. The van der Waals surface area contributed by atoms with E-state index in [0.29, 0.717) is 11.1 Å². The number of halogens is 2. The van der Waals surface area contributed by atoms with E-state index in [9.17, 15) is 8.78 Å². The average Bonchev–Trinajstić information content (AvgIpc) is 2.68. The molecule has 0 bridgehead atoms. The number of benzene rings is 2. The van der Waals surface area contributed by atoms with Crippen LogP contribution in [0.2, 0.25) is 0 Å². The van der Waals surface area contributed by atoms with Gasteiger partial charge >= 0.3 is 0 Å². The summed E-state index contributed by atoms with van der Waals surface area (Å²) in [6.45, 7) is 0.280. The van der Waals surface area contributed by atoms with Gasteiger partial charge in [-0.3, -0.25) is 0 Å². The second-order valence-electron chi connectivity index (χ2n) is 4.41. The average molecular weight is 246 g/mol. The molecule has 92 valence electrons. The molecule has 0 N–H and O–H groups in total. The molecule has 3 rings (SSSR count). The van der Waals surface area contributed by atoms with Crippen LogP contribution in [0, 0.1) is 11.6 Å². The van der Waals surface area contributed by atoms with Crippen LogP contribution in [0.25, 0.3) is 11.1 Å². The van der Waals surface area contributed by atoms with E-state index < -0.39 is 0 Å². The monoisotopic (exact) mass is 246 g/mol. The summed E-state index contributed by atoms with van der Waals surface area (Å²) in [7, 11) is 1.54. The normalized spacial score (nSPS) is 13.5. The van der Waals surface area contributed by atoms with Gasteiger partial charge in [-0.25, -0.2) is 8.78 Å². The first-order chi connectivity index (χ1) is 8.74. The summed E-state index contributed by atoms with van der Waals surface area (Å²) in [6, 6.07) is 9.77. The van der Waals surface area contributed by atoms with E-state index in [-0.39, 0.29) is 24.2 Å². The largest absolute Gasteiger partial charge is 0.384 e. The highest BCUT2D eigenvalue weighted by Crippen LogP contribution is 2.46. The lowest BCUT2D eigenvalue weighted by molar-refractivity contribution is 0.188. The third-order valence-corrected chi connectivity index (χ3v) is 3.43. The van der Waals surface area contributed by atoms with Crippen molar-refractivity contribution in [3.63, 3.8) is 0 Å². The van der Waals surface area contributed by atoms with Gasteiger partial charge in [-0.05, 0) is 23.3 Å². The fourth-order valence-electron chi connectivity index (χ4n) is 2.73. The molecular weight excluding hydrogens is 234 g/mol. The number of hydrogen-bond acceptors (Lipinski definition) is 1. The molecule has 0 unspecified atom stereocenters. The van der Waals surface area contributed by atoms with Crippen molar-refractivity contribution >= 4 is 0 Å². The standard InChI is InChI=1S/C15H12F2O/c1-18-8-11-14-9(4-2-6-12(14)16)10-5-3-7-13(17)15(10)11/h2-7,11H,8H2,1H3. The summed E-state index contributed by atoms with van der Waals surface area (Å²) in [5, 5.41) is 0. The molecule has 0 aliphatic heterocycles. The van der Waals surface area contributed by atoms with Gasteiger partial charge in [0.05, 0.1) is 6.61 Å². The Balaban J connectivity index is 2.30. The van der Waals surface area contributed by atoms with Gasteiger partial charge in [-0.15, -0.1) is 0 Å². The smallest absolute Gasteiger partial charge is 0.127 e. The molecule has 0 amide bonds. The Kier molecular flexibility index (Phi) is 2.63.